The van der Waals surface area contributed by atoms with E-state index >= 15 is 0 Å². The third kappa shape index (κ3) is 3.12. The van der Waals surface area contributed by atoms with Gasteiger partial charge in [0.15, 0.2) is 0 Å². The van der Waals surface area contributed by atoms with Crippen molar-refractivity contribution in [3.8, 4) is 0 Å². The molecule has 2 atom stereocenters. The van der Waals surface area contributed by atoms with Crippen LogP contribution >= 0.6 is 0 Å². The van der Waals surface area contributed by atoms with E-state index < -0.39 is 17.9 Å². The zero-order valence-corrected chi connectivity index (χ0v) is 10.8. The lowest BCUT2D eigenvalue weighted by Gasteiger charge is -2.14. The van der Waals surface area contributed by atoms with Crippen molar-refractivity contribution in [3.63, 3.8) is 0 Å². The third-order valence-corrected chi connectivity index (χ3v) is 3.47. The van der Waals surface area contributed by atoms with Gasteiger partial charge in [-0.2, -0.15) is 0 Å². The Bertz CT molecular complexity index is 460. The molecule has 0 amide bonds. The Morgan fingerprint density at radius 2 is 2.00 bits per heavy atom. The van der Waals surface area contributed by atoms with Crippen LogP contribution in [0.3, 0.4) is 0 Å². The highest BCUT2D eigenvalue weighted by Crippen LogP contribution is 2.26. The van der Waals surface area contributed by atoms with E-state index in [1.54, 1.807) is 24.3 Å². The van der Waals surface area contributed by atoms with Gasteiger partial charge in [0.2, 0.25) is 0 Å². The van der Waals surface area contributed by atoms with Gasteiger partial charge >= 0.3 is 11.9 Å². The van der Waals surface area contributed by atoms with E-state index in [1.165, 1.54) is 5.06 Å². The Morgan fingerprint density at radius 3 is 2.53 bits per heavy atom. The number of carboxylic acids is 1. The van der Waals surface area contributed by atoms with Crippen LogP contribution in [0.15, 0.2) is 30.3 Å². The van der Waals surface area contributed by atoms with Gasteiger partial charge in [0.05, 0.1) is 11.5 Å². The van der Waals surface area contributed by atoms with Crippen LogP contribution in [0, 0.1) is 11.8 Å². The van der Waals surface area contributed by atoms with Gasteiger partial charge in [-0.3, -0.25) is 4.79 Å². The molecule has 2 unspecified atom stereocenters. The van der Waals surface area contributed by atoms with Crippen LogP contribution in [0.5, 0.6) is 0 Å². The van der Waals surface area contributed by atoms with Crippen molar-refractivity contribution in [1.29, 1.82) is 0 Å². The fourth-order valence-electron chi connectivity index (χ4n) is 2.34. The second-order valence-electron chi connectivity index (χ2n) is 4.70. The summed E-state index contributed by atoms with van der Waals surface area (Å²) in [4.78, 5) is 28.2. The molecular weight excluding hydrogens is 246 g/mol. The third-order valence-electron chi connectivity index (χ3n) is 3.47. The minimum Gasteiger partial charge on any atom is -0.481 e. The highest BCUT2D eigenvalue weighted by Gasteiger charge is 2.38. The number of carbonyl (C=O) groups is 2. The molecule has 2 rings (SSSR count). The van der Waals surface area contributed by atoms with E-state index in [0.29, 0.717) is 12.1 Å². The summed E-state index contributed by atoms with van der Waals surface area (Å²) < 4.78 is 0. The zero-order chi connectivity index (χ0) is 13.8. The molecule has 1 fully saturated rings. The predicted molar refractivity (Wildman–Crippen MR) is 68.3 cm³/mol. The van der Waals surface area contributed by atoms with Crippen molar-refractivity contribution in [2.24, 2.45) is 11.8 Å². The fourth-order valence-corrected chi connectivity index (χ4v) is 2.34. The Labute approximate surface area is 111 Å². The average molecular weight is 263 g/mol. The molecule has 5 heteroatoms. The molecule has 19 heavy (non-hydrogen) atoms. The molecule has 1 aromatic rings. The van der Waals surface area contributed by atoms with E-state index in [2.05, 4.69) is 0 Å². The molecule has 1 heterocycles. The Balaban J connectivity index is 1.98. The zero-order valence-electron chi connectivity index (χ0n) is 10.8. The highest BCUT2D eigenvalue weighted by molar-refractivity contribution is 5.89. The molecule has 1 aliphatic heterocycles. The maximum absolute atomic E-state index is 11.9. The van der Waals surface area contributed by atoms with Gasteiger partial charge in [0, 0.05) is 13.1 Å². The van der Waals surface area contributed by atoms with Gasteiger partial charge in [-0.1, -0.05) is 31.5 Å². The standard InChI is InChI=1S/C14H17NO4/c1-2-10-8-15(9-12(10)13(16)17)19-14(18)11-6-4-3-5-7-11/h3-7,10,12H,2,8-9H2,1H3,(H,16,17). The number of benzene rings is 1. The molecule has 0 bridgehead atoms. The van der Waals surface area contributed by atoms with E-state index in [-0.39, 0.29) is 12.5 Å². The van der Waals surface area contributed by atoms with Crippen LogP contribution < -0.4 is 0 Å². The quantitative estimate of drug-likeness (QED) is 0.897. The summed E-state index contributed by atoms with van der Waals surface area (Å²) in [6.07, 6.45) is 0.760. The first-order chi connectivity index (χ1) is 9.11. The lowest BCUT2D eigenvalue weighted by molar-refractivity contribution is -0.144. The summed E-state index contributed by atoms with van der Waals surface area (Å²) in [5, 5.41) is 10.6. The minimum atomic E-state index is -0.829. The number of carboxylic acid groups (broad SMARTS) is 1. The van der Waals surface area contributed by atoms with Crippen LogP contribution in [-0.2, 0) is 9.63 Å². The van der Waals surface area contributed by atoms with Gasteiger partial charge in [-0.05, 0) is 18.1 Å². The lowest BCUT2D eigenvalue weighted by Crippen LogP contribution is -2.26. The van der Waals surface area contributed by atoms with E-state index in [1.807, 2.05) is 13.0 Å². The average Bonchev–Trinajstić information content (AvgIpc) is 2.83. The topological polar surface area (TPSA) is 66.8 Å². The molecular formula is C14H17NO4. The highest BCUT2D eigenvalue weighted by atomic mass is 16.7. The summed E-state index contributed by atoms with van der Waals surface area (Å²) in [5.74, 6) is -1.71. The van der Waals surface area contributed by atoms with Crippen molar-refractivity contribution in [3.05, 3.63) is 35.9 Å². The van der Waals surface area contributed by atoms with Gasteiger partial charge in [0.25, 0.3) is 0 Å². The summed E-state index contributed by atoms with van der Waals surface area (Å²) in [7, 11) is 0. The molecule has 0 saturated carbocycles. The van der Waals surface area contributed by atoms with Gasteiger partial charge in [-0.15, -0.1) is 5.06 Å². The molecule has 1 N–H and O–H groups in total. The Hall–Kier alpha value is -1.88. The fraction of sp³-hybridized carbons (Fsp3) is 0.429. The van der Waals surface area contributed by atoms with Crippen molar-refractivity contribution in [2.75, 3.05) is 13.1 Å². The number of rotatable bonds is 4. The molecule has 5 nitrogen and oxygen atoms in total. The van der Waals surface area contributed by atoms with Gasteiger partial charge in [-0.25, -0.2) is 4.79 Å². The SMILES string of the molecule is CCC1CN(OC(=O)c2ccccc2)CC1C(=O)O. The van der Waals surface area contributed by atoms with Crippen LogP contribution in [0.4, 0.5) is 0 Å². The maximum Gasteiger partial charge on any atom is 0.357 e. The Kier molecular flexibility index (Phi) is 4.16. The molecule has 1 saturated heterocycles. The number of aliphatic carboxylic acids is 1. The Morgan fingerprint density at radius 1 is 1.32 bits per heavy atom. The first-order valence-electron chi connectivity index (χ1n) is 6.37. The molecule has 1 aromatic carbocycles. The summed E-state index contributed by atoms with van der Waals surface area (Å²) >= 11 is 0. The van der Waals surface area contributed by atoms with E-state index in [4.69, 9.17) is 9.94 Å². The predicted octanol–water partition coefficient (Wildman–Crippen LogP) is 1.80. The molecule has 1 aliphatic rings. The molecule has 0 aliphatic carbocycles. The summed E-state index contributed by atoms with van der Waals surface area (Å²) in [6, 6.07) is 8.68. The number of hydroxylamine groups is 2. The van der Waals surface area contributed by atoms with E-state index in [0.717, 1.165) is 6.42 Å². The molecule has 0 radical (unpaired) electrons. The van der Waals surface area contributed by atoms with E-state index in [9.17, 15) is 9.59 Å². The van der Waals surface area contributed by atoms with Gasteiger partial charge in [0.1, 0.15) is 0 Å². The minimum absolute atomic E-state index is 0.0288. The van der Waals surface area contributed by atoms with Crippen molar-refractivity contribution >= 4 is 11.9 Å². The molecule has 0 aromatic heterocycles. The summed E-state index contributed by atoms with van der Waals surface area (Å²) in [6.45, 7) is 2.68. The monoisotopic (exact) mass is 263 g/mol. The molecule has 0 spiro atoms. The largest absolute Gasteiger partial charge is 0.481 e. The normalized spacial score (nSPS) is 23.2. The van der Waals surface area contributed by atoms with Crippen molar-refractivity contribution < 1.29 is 19.5 Å². The second kappa shape index (κ2) is 5.84. The second-order valence-corrected chi connectivity index (χ2v) is 4.70. The lowest BCUT2D eigenvalue weighted by atomic mass is 9.94. The maximum atomic E-state index is 11.9. The number of nitrogens with zero attached hydrogens (tertiary/aromatic N) is 1. The molecule has 102 valence electrons. The number of hydrogen-bond donors (Lipinski definition) is 1. The van der Waals surface area contributed by atoms with Crippen LogP contribution in [0.1, 0.15) is 23.7 Å². The van der Waals surface area contributed by atoms with Crippen LogP contribution in [0.25, 0.3) is 0 Å². The van der Waals surface area contributed by atoms with Crippen LogP contribution in [-0.4, -0.2) is 35.2 Å². The smallest absolute Gasteiger partial charge is 0.357 e. The number of hydrogen-bond acceptors (Lipinski definition) is 4. The first-order valence-corrected chi connectivity index (χ1v) is 6.37. The van der Waals surface area contributed by atoms with Crippen molar-refractivity contribution in [1.82, 2.24) is 5.06 Å². The van der Waals surface area contributed by atoms with Gasteiger partial charge < -0.3 is 9.94 Å². The number of carbonyl (C=O) groups excluding carboxylic acids is 1. The summed E-state index contributed by atoms with van der Waals surface area (Å²) in [5.41, 5.74) is 0.467. The van der Waals surface area contributed by atoms with Crippen LogP contribution in [0.2, 0.25) is 0 Å². The van der Waals surface area contributed by atoms with Crippen molar-refractivity contribution in [2.45, 2.75) is 13.3 Å². The first kappa shape index (κ1) is 13.5.